The number of ether oxygens (including phenoxy) is 1. The first kappa shape index (κ1) is 14.2. The van der Waals surface area contributed by atoms with Crippen molar-refractivity contribution in [3.8, 4) is 0 Å². The Bertz CT molecular complexity index is 392. The zero-order valence-electron chi connectivity index (χ0n) is 10.5. The van der Waals surface area contributed by atoms with E-state index in [2.05, 4.69) is 10.6 Å². The molecule has 0 aliphatic heterocycles. The number of halogens is 1. The van der Waals surface area contributed by atoms with Gasteiger partial charge in [0.2, 0.25) is 5.91 Å². The van der Waals surface area contributed by atoms with E-state index < -0.39 is 11.9 Å². The molecule has 0 aliphatic rings. The highest BCUT2D eigenvalue weighted by Gasteiger charge is 2.12. The van der Waals surface area contributed by atoms with Gasteiger partial charge in [-0.2, -0.15) is 0 Å². The summed E-state index contributed by atoms with van der Waals surface area (Å²) in [4.78, 5) is 11.6. The van der Waals surface area contributed by atoms with Gasteiger partial charge in [0.1, 0.15) is 11.9 Å². The van der Waals surface area contributed by atoms with Crippen molar-refractivity contribution in [3.63, 3.8) is 0 Å². The lowest BCUT2D eigenvalue weighted by molar-refractivity contribution is -0.121. The van der Waals surface area contributed by atoms with Crippen LogP contribution < -0.4 is 16.4 Å². The third kappa shape index (κ3) is 4.58. The largest absolute Gasteiger partial charge is 0.399 e. The van der Waals surface area contributed by atoms with Crippen LogP contribution in [0.15, 0.2) is 18.2 Å². The maximum absolute atomic E-state index is 13.1. The number of methoxy groups -OCH3 is 1. The molecule has 0 bridgehead atoms. The summed E-state index contributed by atoms with van der Waals surface area (Å²) in [5, 5.41) is 5.56. The number of rotatable bonds is 6. The summed E-state index contributed by atoms with van der Waals surface area (Å²) in [5.41, 5.74) is 6.30. The molecule has 0 heterocycles. The van der Waals surface area contributed by atoms with Crippen molar-refractivity contribution in [1.82, 2.24) is 5.32 Å². The van der Waals surface area contributed by atoms with Crippen LogP contribution in [0.3, 0.4) is 0 Å². The summed E-state index contributed by atoms with van der Waals surface area (Å²) >= 11 is 0. The molecule has 4 N–H and O–H groups in total. The van der Waals surface area contributed by atoms with Gasteiger partial charge in [0, 0.05) is 25.0 Å². The second-order valence-electron chi connectivity index (χ2n) is 3.92. The topological polar surface area (TPSA) is 76.4 Å². The standard InChI is InChI=1S/C12H18FN3O2/c1-8(12(17)15-3-4-18-2)16-11-6-9(13)5-10(14)7-11/h5-8,16H,3-4,14H2,1-2H3,(H,15,17). The molecule has 18 heavy (non-hydrogen) atoms. The molecule has 0 radical (unpaired) electrons. The van der Waals surface area contributed by atoms with Gasteiger partial charge in [0.05, 0.1) is 6.61 Å². The zero-order chi connectivity index (χ0) is 13.5. The van der Waals surface area contributed by atoms with Crippen molar-refractivity contribution in [2.45, 2.75) is 13.0 Å². The molecule has 0 aliphatic carbocycles. The summed E-state index contributed by atoms with van der Waals surface area (Å²) in [6, 6.07) is 3.59. The fraction of sp³-hybridized carbons (Fsp3) is 0.417. The van der Waals surface area contributed by atoms with Crippen molar-refractivity contribution in [2.75, 3.05) is 31.3 Å². The number of carbonyl (C=O) groups is 1. The number of nitrogens with two attached hydrogens (primary N) is 1. The molecule has 0 saturated heterocycles. The van der Waals surface area contributed by atoms with Gasteiger partial charge in [0.25, 0.3) is 0 Å². The molecule has 1 aromatic rings. The zero-order valence-corrected chi connectivity index (χ0v) is 10.5. The van der Waals surface area contributed by atoms with Crippen LogP contribution in [0.25, 0.3) is 0 Å². The summed E-state index contributed by atoms with van der Waals surface area (Å²) < 4.78 is 17.9. The Morgan fingerprint density at radius 2 is 2.22 bits per heavy atom. The highest BCUT2D eigenvalue weighted by Crippen LogP contribution is 2.16. The number of nitrogen functional groups attached to an aromatic ring is 1. The van der Waals surface area contributed by atoms with Gasteiger partial charge in [-0.3, -0.25) is 4.79 Å². The van der Waals surface area contributed by atoms with Crippen molar-refractivity contribution >= 4 is 17.3 Å². The molecule has 6 heteroatoms. The molecule has 1 aromatic carbocycles. The van der Waals surface area contributed by atoms with E-state index in [1.165, 1.54) is 12.1 Å². The molecule has 100 valence electrons. The predicted octanol–water partition coefficient (Wildman–Crippen LogP) is 0.971. The van der Waals surface area contributed by atoms with E-state index in [4.69, 9.17) is 10.5 Å². The molecule has 0 saturated carbocycles. The van der Waals surface area contributed by atoms with E-state index in [1.54, 1.807) is 20.1 Å². The molecule has 1 unspecified atom stereocenters. The number of anilines is 2. The monoisotopic (exact) mass is 255 g/mol. The molecule has 1 atom stereocenters. The van der Waals surface area contributed by atoms with Crippen molar-refractivity contribution in [3.05, 3.63) is 24.0 Å². The lowest BCUT2D eigenvalue weighted by atomic mass is 10.2. The van der Waals surface area contributed by atoms with E-state index in [0.29, 0.717) is 24.5 Å². The molecule has 1 rings (SSSR count). The van der Waals surface area contributed by atoms with Crippen molar-refractivity contribution < 1.29 is 13.9 Å². The van der Waals surface area contributed by atoms with Gasteiger partial charge in [-0.25, -0.2) is 4.39 Å². The van der Waals surface area contributed by atoms with E-state index >= 15 is 0 Å². The number of benzene rings is 1. The van der Waals surface area contributed by atoms with E-state index in [0.717, 1.165) is 0 Å². The van der Waals surface area contributed by atoms with Gasteiger partial charge in [-0.05, 0) is 25.1 Å². The highest BCUT2D eigenvalue weighted by atomic mass is 19.1. The maximum atomic E-state index is 13.1. The van der Waals surface area contributed by atoms with Gasteiger partial charge in [-0.1, -0.05) is 0 Å². The van der Waals surface area contributed by atoms with Crippen LogP contribution in [0.5, 0.6) is 0 Å². The molecule has 5 nitrogen and oxygen atoms in total. The quantitative estimate of drug-likeness (QED) is 0.523. The number of amides is 1. The maximum Gasteiger partial charge on any atom is 0.242 e. The van der Waals surface area contributed by atoms with E-state index in [9.17, 15) is 9.18 Å². The van der Waals surface area contributed by atoms with Gasteiger partial charge >= 0.3 is 0 Å². The SMILES string of the molecule is COCCNC(=O)C(C)Nc1cc(N)cc(F)c1. The van der Waals surface area contributed by atoms with Crippen molar-refractivity contribution in [1.29, 1.82) is 0 Å². The van der Waals surface area contributed by atoms with E-state index in [-0.39, 0.29) is 5.91 Å². The molecular weight excluding hydrogens is 237 g/mol. The van der Waals surface area contributed by atoms with Crippen LogP contribution in [0, 0.1) is 5.82 Å². The average molecular weight is 255 g/mol. The highest BCUT2D eigenvalue weighted by molar-refractivity contribution is 5.84. The fourth-order valence-electron chi connectivity index (χ4n) is 1.44. The molecule has 1 amide bonds. The predicted molar refractivity (Wildman–Crippen MR) is 68.8 cm³/mol. The summed E-state index contributed by atoms with van der Waals surface area (Å²) in [5.74, 6) is -0.626. The van der Waals surface area contributed by atoms with Crippen LogP contribution in [-0.4, -0.2) is 32.2 Å². The van der Waals surface area contributed by atoms with Crippen LogP contribution in [0.1, 0.15) is 6.92 Å². The number of hydrogen-bond acceptors (Lipinski definition) is 4. The van der Waals surface area contributed by atoms with Gasteiger partial charge < -0.3 is 21.1 Å². The van der Waals surface area contributed by atoms with Crippen LogP contribution >= 0.6 is 0 Å². The first-order valence-corrected chi connectivity index (χ1v) is 5.62. The Morgan fingerprint density at radius 1 is 1.50 bits per heavy atom. The number of nitrogens with one attached hydrogen (secondary N) is 2. The Labute approximate surface area is 106 Å². The number of carbonyl (C=O) groups excluding carboxylic acids is 1. The smallest absolute Gasteiger partial charge is 0.242 e. The van der Waals surface area contributed by atoms with Crippen LogP contribution in [-0.2, 0) is 9.53 Å². The summed E-state index contributed by atoms with van der Waals surface area (Å²) in [6.07, 6.45) is 0. The third-order valence-electron chi connectivity index (χ3n) is 2.30. The Balaban J connectivity index is 2.52. The third-order valence-corrected chi connectivity index (χ3v) is 2.30. The normalized spacial score (nSPS) is 11.9. The van der Waals surface area contributed by atoms with Gasteiger partial charge in [-0.15, -0.1) is 0 Å². The molecule has 0 fully saturated rings. The second-order valence-corrected chi connectivity index (χ2v) is 3.92. The fourth-order valence-corrected chi connectivity index (χ4v) is 1.44. The molecular formula is C12H18FN3O2. The van der Waals surface area contributed by atoms with Crippen LogP contribution in [0.2, 0.25) is 0 Å². The first-order valence-electron chi connectivity index (χ1n) is 5.62. The van der Waals surface area contributed by atoms with E-state index in [1.807, 2.05) is 0 Å². The average Bonchev–Trinajstić information content (AvgIpc) is 2.27. The Kier molecular flexibility index (Phi) is 5.38. The lowest BCUT2D eigenvalue weighted by Crippen LogP contribution is -2.39. The lowest BCUT2D eigenvalue weighted by Gasteiger charge is -2.15. The number of hydrogen-bond donors (Lipinski definition) is 3. The van der Waals surface area contributed by atoms with Crippen molar-refractivity contribution in [2.24, 2.45) is 0 Å². The van der Waals surface area contributed by atoms with Gasteiger partial charge in [0.15, 0.2) is 0 Å². The minimum atomic E-state index is -0.483. The summed E-state index contributed by atoms with van der Waals surface area (Å²) in [7, 11) is 1.56. The minimum absolute atomic E-state index is 0.185. The molecule has 0 aromatic heterocycles. The molecule has 0 spiro atoms. The second kappa shape index (κ2) is 6.80. The minimum Gasteiger partial charge on any atom is -0.399 e. The Morgan fingerprint density at radius 3 is 2.83 bits per heavy atom. The first-order chi connectivity index (χ1) is 8.52. The Hall–Kier alpha value is -1.82. The van der Waals surface area contributed by atoms with Crippen LogP contribution in [0.4, 0.5) is 15.8 Å². The summed E-state index contributed by atoms with van der Waals surface area (Å²) in [6.45, 7) is 2.57.